The number of benzene rings is 1. The molecule has 1 fully saturated rings. The van der Waals surface area contributed by atoms with Crippen molar-refractivity contribution in [1.82, 2.24) is 10.6 Å². The lowest BCUT2D eigenvalue weighted by atomic mass is 10.0. The lowest BCUT2D eigenvalue weighted by Gasteiger charge is -2.27. The standard InChI is InChI=1S/C14H22N2/c1-2-3-12-4-6-13(7-5-12)8-15-9-14-10-16-11-14/h4-7,14-16H,2-3,8-11H2,1H3. The topological polar surface area (TPSA) is 24.1 Å². The lowest BCUT2D eigenvalue weighted by Crippen LogP contribution is -2.47. The molecule has 1 heterocycles. The van der Waals surface area contributed by atoms with E-state index in [1.807, 2.05) is 0 Å². The van der Waals surface area contributed by atoms with Gasteiger partial charge >= 0.3 is 0 Å². The van der Waals surface area contributed by atoms with Crippen molar-refractivity contribution in [3.05, 3.63) is 35.4 Å². The van der Waals surface area contributed by atoms with Gasteiger partial charge in [0.2, 0.25) is 0 Å². The molecule has 88 valence electrons. The van der Waals surface area contributed by atoms with Crippen LogP contribution in [-0.2, 0) is 13.0 Å². The molecule has 16 heavy (non-hydrogen) atoms. The Bertz CT molecular complexity index is 301. The quantitative estimate of drug-likeness (QED) is 0.762. The van der Waals surface area contributed by atoms with Crippen molar-refractivity contribution in [3.8, 4) is 0 Å². The molecular formula is C14H22N2. The SMILES string of the molecule is CCCc1ccc(CNCC2CNC2)cc1. The summed E-state index contributed by atoms with van der Waals surface area (Å²) < 4.78 is 0. The zero-order valence-corrected chi connectivity index (χ0v) is 10.1. The van der Waals surface area contributed by atoms with Crippen LogP contribution in [0.4, 0.5) is 0 Å². The Kier molecular flexibility index (Phi) is 4.37. The Balaban J connectivity index is 1.71. The molecule has 1 aromatic rings. The van der Waals surface area contributed by atoms with Gasteiger partial charge in [0.15, 0.2) is 0 Å². The minimum Gasteiger partial charge on any atom is -0.316 e. The molecule has 0 bridgehead atoms. The van der Waals surface area contributed by atoms with Gasteiger partial charge in [-0.2, -0.15) is 0 Å². The molecule has 0 amide bonds. The molecule has 2 nitrogen and oxygen atoms in total. The van der Waals surface area contributed by atoms with Gasteiger partial charge in [-0.15, -0.1) is 0 Å². The Hall–Kier alpha value is -0.860. The highest BCUT2D eigenvalue weighted by atomic mass is 15.0. The van der Waals surface area contributed by atoms with Crippen LogP contribution in [0.2, 0.25) is 0 Å². The Morgan fingerprint density at radius 3 is 2.44 bits per heavy atom. The number of hydrogen-bond donors (Lipinski definition) is 2. The average Bonchev–Trinajstić information content (AvgIpc) is 2.24. The summed E-state index contributed by atoms with van der Waals surface area (Å²) in [5.74, 6) is 0.847. The van der Waals surface area contributed by atoms with Gasteiger partial charge in [-0.05, 0) is 23.5 Å². The van der Waals surface area contributed by atoms with Gasteiger partial charge in [0.1, 0.15) is 0 Å². The van der Waals surface area contributed by atoms with Crippen molar-refractivity contribution in [2.45, 2.75) is 26.3 Å². The molecule has 0 atom stereocenters. The van der Waals surface area contributed by atoms with Crippen LogP contribution < -0.4 is 10.6 Å². The van der Waals surface area contributed by atoms with Crippen LogP contribution in [0.5, 0.6) is 0 Å². The van der Waals surface area contributed by atoms with Gasteiger partial charge in [0.25, 0.3) is 0 Å². The fourth-order valence-electron chi connectivity index (χ4n) is 2.03. The molecule has 0 spiro atoms. The molecule has 1 aliphatic rings. The molecule has 0 radical (unpaired) electrons. The van der Waals surface area contributed by atoms with Crippen LogP contribution in [0.25, 0.3) is 0 Å². The van der Waals surface area contributed by atoms with Crippen molar-refractivity contribution >= 4 is 0 Å². The molecular weight excluding hydrogens is 196 g/mol. The number of hydrogen-bond acceptors (Lipinski definition) is 2. The van der Waals surface area contributed by atoms with E-state index >= 15 is 0 Å². The van der Waals surface area contributed by atoms with Gasteiger partial charge in [-0.3, -0.25) is 0 Å². The van der Waals surface area contributed by atoms with Gasteiger partial charge in [-0.25, -0.2) is 0 Å². The number of nitrogens with one attached hydrogen (secondary N) is 2. The molecule has 0 aromatic heterocycles. The maximum Gasteiger partial charge on any atom is 0.0205 e. The largest absolute Gasteiger partial charge is 0.316 e. The minimum atomic E-state index is 0.847. The zero-order valence-electron chi connectivity index (χ0n) is 10.1. The average molecular weight is 218 g/mol. The highest BCUT2D eigenvalue weighted by molar-refractivity contribution is 5.22. The Morgan fingerprint density at radius 1 is 1.19 bits per heavy atom. The van der Waals surface area contributed by atoms with E-state index in [0.29, 0.717) is 0 Å². The second-order valence-corrected chi connectivity index (χ2v) is 4.72. The van der Waals surface area contributed by atoms with Gasteiger partial charge in [-0.1, -0.05) is 37.6 Å². The lowest BCUT2D eigenvalue weighted by molar-refractivity contribution is 0.331. The predicted octanol–water partition coefficient (Wildman–Crippen LogP) is 1.95. The van der Waals surface area contributed by atoms with Crippen LogP contribution in [-0.4, -0.2) is 19.6 Å². The third kappa shape index (κ3) is 3.32. The predicted molar refractivity (Wildman–Crippen MR) is 68.5 cm³/mol. The van der Waals surface area contributed by atoms with Crippen molar-refractivity contribution in [2.75, 3.05) is 19.6 Å². The summed E-state index contributed by atoms with van der Waals surface area (Å²) in [7, 11) is 0. The van der Waals surface area contributed by atoms with E-state index in [4.69, 9.17) is 0 Å². The van der Waals surface area contributed by atoms with E-state index in [9.17, 15) is 0 Å². The first-order valence-corrected chi connectivity index (χ1v) is 6.37. The van der Waals surface area contributed by atoms with Crippen LogP contribution in [0.1, 0.15) is 24.5 Å². The normalized spacial score (nSPS) is 16.1. The van der Waals surface area contributed by atoms with Crippen LogP contribution in [0, 0.1) is 5.92 Å². The molecule has 2 N–H and O–H groups in total. The molecule has 2 rings (SSSR count). The number of aryl methyl sites for hydroxylation is 1. The molecule has 0 aliphatic carbocycles. The van der Waals surface area contributed by atoms with Gasteiger partial charge < -0.3 is 10.6 Å². The van der Waals surface area contributed by atoms with Gasteiger partial charge in [0.05, 0.1) is 0 Å². The second kappa shape index (κ2) is 6.02. The van der Waals surface area contributed by atoms with Crippen LogP contribution >= 0.6 is 0 Å². The first-order chi connectivity index (χ1) is 7.88. The second-order valence-electron chi connectivity index (χ2n) is 4.72. The number of rotatable bonds is 6. The minimum absolute atomic E-state index is 0.847. The Labute approximate surface area is 98.4 Å². The summed E-state index contributed by atoms with van der Waals surface area (Å²) in [4.78, 5) is 0. The third-order valence-corrected chi connectivity index (χ3v) is 3.19. The smallest absolute Gasteiger partial charge is 0.0205 e. The molecule has 2 heteroatoms. The van der Waals surface area contributed by atoms with E-state index in [1.54, 1.807) is 0 Å². The summed E-state index contributed by atoms with van der Waals surface area (Å²) in [6, 6.07) is 9.00. The first kappa shape index (κ1) is 11.6. The highest BCUT2D eigenvalue weighted by Crippen LogP contribution is 2.07. The fourth-order valence-corrected chi connectivity index (χ4v) is 2.03. The summed E-state index contributed by atoms with van der Waals surface area (Å²) >= 11 is 0. The van der Waals surface area contributed by atoms with E-state index in [1.165, 1.54) is 37.1 Å². The highest BCUT2D eigenvalue weighted by Gasteiger charge is 2.15. The Morgan fingerprint density at radius 2 is 1.88 bits per heavy atom. The maximum absolute atomic E-state index is 3.52. The van der Waals surface area contributed by atoms with Crippen molar-refractivity contribution in [2.24, 2.45) is 5.92 Å². The van der Waals surface area contributed by atoms with E-state index < -0.39 is 0 Å². The monoisotopic (exact) mass is 218 g/mol. The maximum atomic E-state index is 3.52. The molecule has 0 unspecified atom stereocenters. The van der Waals surface area contributed by atoms with Crippen molar-refractivity contribution < 1.29 is 0 Å². The molecule has 1 aromatic carbocycles. The van der Waals surface area contributed by atoms with Crippen molar-refractivity contribution in [3.63, 3.8) is 0 Å². The summed E-state index contributed by atoms with van der Waals surface area (Å²) in [5, 5.41) is 6.81. The fraction of sp³-hybridized carbons (Fsp3) is 0.571. The van der Waals surface area contributed by atoms with Gasteiger partial charge in [0, 0.05) is 26.2 Å². The zero-order chi connectivity index (χ0) is 11.2. The van der Waals surface area contributed by atoms with Crippen LogP contribution in [0.3, 0.4) is 0 Å². The van der Waals surface area contributed by atoms with Crippen molar-refractivity contribution in [1.29, 1.82) is 0 Å². The van der Waals surface area contributed by atoms with E-state index in [0.717, 1.165) is 19.0 Å². The van der Waals surface area contributed by atoms with E-state index in [2.05, 4.69) is 41.8 Å². The van der Waals surface area contributed by atoms with E-state index in [-0.39, 0.29) is 0 Å². The summed E-state index contributed by atoms with van der Waals surface area (Å²) in [6.45, 7) is 6.74. The first-order valence-electron chi connectivity index (χ1n) is 6.37. The third-order valence-electron chi connectivity index (χ3n) is 3.19. The molecule has 1 aliphatic heterocycles. The summed E-state index contributed by atoms with van der Waals surface area (Å²) in [6.07, 6.45) is 2.42. The van der Waals surface area contributed by atoms with Crippen LogP contribution in [0.15, 0.2) is 24.3 Å². The summed E-state index contributed by atoms with van der Waals surface area (Å²) in [5.41, 5.74) is 2.85. The molecule has 0 saturated carbocycles. The molecule has 1 saturated heterocycles.